The first-order valence-electron chi connectivity index (χ1n) is 4.82. The Bertz CT molecular complexity index is 619. The Morgan fingerprint density at radius 3 is 2.61 bits per heavy atom. The van der Waals surface area contributed by atoms with Crippen molar-refractivity contribution in [2.24, 2.45) is 0 Å². The Hall–Kier alpha value is -1.76. The lowest BCUT2D eigenvalue weighted by molar-refractivity contribution is -0.136. The predicted molar refractivity (Wildman–Crippen MR) is 62.6 cm³/mol. The minimum atomic E-state index is -4.48. The van der Waals surface area contributed by atoms with Gasteiger partial charge in [0, 0.05) is 10.1 Å². The van der Waals surface area contributed by atoms with Crippen molar-refractivity contribution in [3.8, 4) is 0 Å². The normalized spacial score (nSPS) is 11.8. The van der Waals surface area contributed by atoms with Gasteiger partial charge >= 0.3 is 12.1 Å². The van der Waals surface area contributed by atoms with Crippen molar-refractivity contribution in [3.63, 3.8) is 0 Å². The fourth-order valence-corrected chi connectivity index (χ4v) is 2.78. The van der Waals surface area contributed by atoms with Gasteiger partial charge in [-0.3, -0.25) is 0 Å². The highest BCUT2D eigenvalue weighted by atomic mass is 32.1. The van der Waals surface area contributed by atoms with Crippen molar-refractivity contribution in [2.45, 2.75) is 6.18 Å². The molecule has 3 nitrogen and oxygen atoms in total. The molecule has 0 aliphatic carbocycles. The summed E-state index contributed by atoms with van der Waals surface area (Å²) in [5, 5.41) is 0.218. The van der Waals surface area contributed by atoms with Gasteiger partial charge in [-0.1, -0.05) is 12.1 Å². The number of carbonyl (C=O) groups is 1. The van der Waals surface area contributed by atoms with Crippen LogP contribution in [0.25, 0.3) is 10.1 Å². The third-order valence-corrected chi connectivity index (χ3v) is 3.66. The largest absolute Gasteiger partial charge is 0.465 e. The van der Waals surface area contributed by atoms with Crippen LogP contribution in [0.4, 0.5) is 18.9 Å². The maximum Gasteiger partial charge on any atom is 0.417 e. The number of alkyl halides is 3. The van der Waals surface area contributed by atoms with E-state index < -0.39 is 17.7 Å². The van der Waals surface area contributed by atoms with E-state index in [1.807, 2.05) is 0 Å². The van der Waals surface area contributed by atoms with Gasteiger partial charge in [0.1, 0.15) is 4.88 Å². The van der Waals surface area contributed by atoms with E-state index in [0.29, 0.717) is 11.3 Å². The number of rotatable bonds is 1. The lowest BCUT2D eigenvalue weighted by Gasteiger charge is -2.06. The van der Waals surface area contributed by atoms with Crippen LogP contribution in [0.5, 0.6) is 0 Å². The molecule has 0 unspecified atom stereocenters. The summed E-state index contributed by atoms with van der Waals surface area (Å²) in [6.07, 6.45) is -4.48. The number of esters is 1. The molecule has 0 spiro atoms. The molecular formula is C11H8F3NO2S. The molecule has 0 aliphatic heterocycles. The number of anilines is 1. The first-order chi connectivity index (χ1) is 8.36. The summed E-state index contributed by atoms with van der Waals surface area (Å²) >= 11 is 0.691. The second-order valence-electron chi connectivity index (χ2n) is 3.52. The van der Waals surface area contributed by atoms with Gasteiger partial charge in [-0.15, -0.1) is 11.3 Å². The number of carbonyl (C=O) groups excluding carboxylic acids is 1. The van der Waals surface area contributed by atoms with E-state index in [-0.39, 0.29) is 20.7 Å². The average molecular weight is 275 g/mol. The Labute approximate surface area is 104 Å². The summed E-state index contributed by atoms with van der Waals surface area (Å²) in [6.45, 7) is 0. The summed E-state index contributed by atoms with van der Waals surface area (Å²) in [5.74, 6) is -0.734. The maximum atomic E-state index is 12.8. The molecule has 1 heterocycles. The van der Waals surface area contributed by atoms with Crippen molar-refractivity contribution >= 4 is 33.1 Å². The first-order valence-corrected chi connectivity index (χ1v) is 5.64. The fourth-order valence-electron chi connectivity index (χ4n) is 1.61. The van der Waals surface area contributed by atoms with Crippen molar-refractivity contribution in [2.75, 3.05) is 12.8 Å². The van der Waals surface area contributed by atoms with Crippen LogP contribution in [0.15, 0.2) is 18.2 Å². The molecule has 1 aromatic carbocycles. The second-order valence-corrected chi connectivity index (χ2v) is 4.54. The number of halogens is 3. The minimum Gasteiger partial charge on any atom is -0.465 e. The smallest absolute Gasteiger partial charge is 0.417 e. The van der Waals surface area contributed by atoms with E-state index in [2.05, 4.69) is 4.74 Å². The molecule has 1 aromatic heterocycles. The number of nitrogens with two attached hydrogens (primary N) is 1. The molecular weight excluding hydrogens is 267 g/mol. The molecule has 0 fully saturated rings. The molecule has 2 aromatic rings. The predicted octanol–water partition coefficient (Wildman–Crippen LogP) is 3.29. The number of nitrogen functional groups attached to an aromatic ring is 1. The SMILES string of the molecule is COC(=O)c1sc2c(C(F)(F)F)cccc2c1N. The van der Waals surface area contributed by atoms with Crippen LogP contribution in [0, 0.1) is 0 Å². The van der Waals surface area contributed by atoms with Crippen LogP contribution in [0.2, 0.25) is 0 Å². The van der Waals surface area contributed by atoms with E-state index in [1.54, 1.807) is 0 Å². The van der Waals surface area contributed by atoms with Gasteiger partial charge < -0.3 is 10.5 Å². The van der Waals surface area contributed by atoms with Gasteiger partial charge in [0.2, 0.25) is 0 Å². The summed E-state index contributed by atoms with van der Waals surface area (Å²) in [7, 11) is 1.15. The van der Waals surface area contributed by atoms with E-state index in [9.17, 15) is 18.0 Å². The van der Waals surface area contributed by atoms with Crippen molar-refractivity contribution in [1.29, 1.82) is 0 Å². The molecule has 2 N–H and O–H groups in total. The molecule has 7 heteroatoms. The lowest BCUT2D eigenvalue weighted by atomic mass is 10.1. The van der Waals surface area contributed by atoms with E-state index in [0.717, 1.165) is 13.2 Å². The fraction of sp³-hybridized carbons (Fsp3) is 0.182. The number of methoxy groups -OCH3 is 1. The average Bonchev–Trinajstić information content (AvgIpc) is 2.65. The highest BCUT2D eigenvalue weighted by Gasteiger charge is 2.34. The Morgan fingerprint density at radius 1 is 1.39 bits per heavy atom. The van der Waals surface area contributed by atoms with Crippen molar-refractivity contribution in [3.05, 3.63) is 28.6 Å². The zero-order valence-electron chi connectivity index (χ0n) is 9.17. The first kappa shape index (κ1) is 12.7. The number of ether oxygens (including phenoxy) is 1. The van der Waals surface area contributed by atoms with Crippen LogP contribution in [0.3, 0.4) is 0 Å². The van der Waals surface area contributed by atoms with Crippen LogP contribution in [-0.4, -0.2) is 13.1 Å². The van der Waals surface area contributed by atoms with Gasteiger partial charge in [-0.25, -0.2) is 4.79 Å². The number of hydrogen-bond acceptors (Lipinski definition) is 4. The van der Waals surface area contributed by atoms with Gasteiger partial charge in [-0.2, -0.15) is 13.2 Å². The summed E-state index contributed by atoms with van der Waals surface area (Å²) < 4.78 is 42.8. The topological polar surface area (TPSA) is 52.3 Å². The van der Waals surface area contributed by atoms with E-state index >= 15 is 0 Å². The number of hydrogen-bond donors (Lipinski definition) is 1. The molecule has 0 atom stereocenters. The van der Waals surface area contributed by atoms with Gasteiger partial charge in [-0.05, 0) is 6.07 Å². The van der Waals surface area contributed by atoms with Gasteiger partial charge in [0.25, 0.3) is 0 Å². The van der Waals surface area contributed by atoms with Crippen LogP contribution in [0.1, 0.15) is 15.2 Å². The third-order valence-electron chi connectivity index (χ3n) is 2.43. The Morgan fingerprint density at radius 2 is 2.06 bits per heavy atom. The van der Waals surface area contributed by atoms with Crippen LogP contribution < -0.4 is 5.73 Å². The Kier molecular flexibility index (Phi) is 2.94. The molecule has 96 valence electrons. The van der Waals surface area contributed by atoms with E-state index in [1.165, 1.54) is 12.1 Å². The van der Waals surface area contributed by atoms with E-state index in [4.69, 9.17) is 5.73 Å². The number of benzene rings is 1. The second kappa shape index (κ2) is 4.16. The summed E-state index contributed by atoms with van der Waals surface area (Å²) in [5.41, 5.74) is 4.89. The molecule has 0 saturated carbocycles. The third kappa shape index (κ3) is 1.90. The van der Waals surface area contributed by atoms with Gasteiger partial charge in [0.15, 0.2) is 0 Å². The monoisotopic (exact) mass is 275 g/mol. The lowest BCUT2D eigenvalue weighted by Crippen LogP contribution is -2.04. The quantitative estimate of drug-likeness (QED) is 0.812. The highest BCUT2D eigenvalue weighted by molar-refractivity contribution is 7.21. The summed E-state index contributed by atoms with van der Waals surface area (Å²) in [6, 6.07) is 3.66. The molecule has 0 saturated heterocycles. The zero-order valence-corrected chi connectivity index (χ0v) is 9.98. The summed E-state index contributed by atoms with van der Waals surface area (Å²) in [4.78, 5) is 11.4. The van der Waals surface area contributed by atoms with Crippen LogP contribution in [-0.2, 0) is 10.9 Å². The zero-order chi connectivity index (χ0) is 13.5. The molecule has 0 amide bonds. The van der Waals surface area contributed by atoms with Crippen LogP contribution >= 0.6 is 11.3 Å². The number of fused-ring (bicyclic) bond motifs is 1. The maximum absolute atomic E-state index is 12.8. The molecule has 0 bridgehead atoms. The molecule has 0 radical (unpaired) electrons. The molecule has 0 aliphatic rings. The number of thiophene rings is 1. The van der Waals surface area contributed by atoms with Gasteiger partial charge in [0.05, 0.1) is 18.4 Å². The molecule has 2 rings (SSSR count). The standard InChI is InChI=1S/C11H8F3NO2S/c1-17-10(16)9-7(15)5-3-2-4-6(8(5)18-9)11(12,13)14/h2-4H,15H2,1H3. The Balaban J connectivity index is 2.76. The van der Waals surface area contributed by atoms with Crippen molar-refractivity contribution in [1.82, 2.24) is 0 Å². The van der Waals surface area contributed by atoms with Crippen molar-refractivity contribution < 1.29 is 22.7 Å². The minimum absolute atomic E-state index is 0.0100. The molecule has 18 heavy (non-hydrogen) atoms. The highest BCUT2D eigenvalue weighted by Crippen LogP contribution is 2.42.